The highest BCUT2D eigenvalue weighted by atomic mass is 127. The summed E-state index contributed by atoms with van der Waals surface area (Å²) in [6, 6.07) is 4.76. The van der Waals surface area contributed by atoms with Gasteiger partial charge in [0.15, 0.2) is 17.5 Å². The van der Waals surface area contributed by atoms with E-state index in [4.69, 9.17) is 4.74 Å². The molecule has 1 aliphatic heterocycles. The molecule has 1 atom stereocenters. The maximum absolute atomic E-state index is 12.9. The van der Waals surface area contributed by atoms with Crippen molar-refractivity contribution in [3.63, 3.8) is 0 Å². The first-order valence-corrected chi connectivity index (χ1v) is 11.8. The Labute approximate surface area is 199 Å². The molecule has 0 saturated carbocycles. The fourth-order valence-electron chi connectivity index (χ4n) is 3.35. The van der Waals surface area contributed by atoms with Crippen LogP contribution in [-0.2, 0) is 16.6 Å². The highest BCUT2D eigenvalue weighted by Gasteiger charge is 2.31. The molecule has 12 heteroatoms. The summed E-state index contributed by atoms with van der Waals surface area (Å²) in [4.78, 5) is 4.45. The maximum Gasteiger partial charge on any atom is 0.387 e. The van der Waals surface area contributed by atoms with Crippen LogP contribution in [-0.4, -0.2) is 63.8 Å². The summed E-state index contributed by atoms with van der Waals surface area (Å²) in [6.45, 7) is 2.57. The van der Waals surface area contributed by atoms with Crippen LogP contribution in [0, 0.1) is 0 Å². The number of nitrogens with zero attached hydrogens (tertiary/aromatic N) is 2. The lowest BCUT2D eigenvalue weighted by Crippen LogP contribution is -2.46. The van der Waals surface area contributed by atoms with E-state index in [9.17, 15) is 17.2 Å². The summed E-state index contributed by atoms with van der Waals surface area (Å²) >= 11 is 0. The van der Waals surface area contributed by atoms with Crippen LogP contribution in [0.15, 0.2) is 23.2 Å². The van der Waals surface area contributed by atoms with Crippen LogP contribution in [0.2, 0.25) is 0 Å². The predicted molar refractivity (Wildman–Crippen MR) is 127 cm³/mol. The van der Waals surface area contributed by atoms with Crippen LogP contribution < -0.4 is 20.1 Å². The van der Waals surface area contributed by atoms with Crippen molar-refractivity contribution in [3.8, 4) is 11.5 Å². The second-order valence-corrected chi connectivity index (χ2v) is 8.74. The molecule has 0 aliphatic carbocycles. The van der Waals surface area contributed by atoms with E-state index >= 15 is 0 Å². The van der Waals surface area contributed by atoms with Crippen LogP contribution in [0.1, 0.15) is 32.3 Å². The van der Waals surface area contributed by atoms with Gasteiger partial charge in [0.2, 0.25) is 10.0 Å². The van der Waals surface area contributed by atoms with Crippen LogP contribution in [0.5, 0.6) is 11.5 Å². The summed E-state index contributed by atoms with van der Waals surface area (Å²) in [6.07, 6.45) is 2.79. The van der Waals surface area contributed by atoms with Gasteiger partial charge < -0.3 is 20.1 Å². The number of guanidine groups is 1. The normalized spacial score (nSPS) is 17.4. The lowest BCUT2D eigenvalue weighted by molar-refractivity contribution is -0.0520. The van der Waals surface area contributed by atoms with Crippen molar-refractivity contribution in [2.75, 3.05) is 32.5 Å². The molecule has 0 unspecified atom stereocenters. The molecule has 0 bridgehead atoms. The Balaban J connectivity index is 0.00000480. The molecule has 1 saturated heterocycles. The Morgan fingerprint density at radius 3 is 2.68 bits per heavy atom. The van der Waals surface area contributed by atoms with Crippen molar-refractivity contribution < 1.29 is 26.7 Å². The van der Waals surface area contributed by atoms with E-state index in [-0.39, 0.29) is 48.1 Å². The standard InChI is InChI=1S/C19H30F2N4O4S.HI/c1-4-22-19(24-13-15-9-7-11-25(15)30(3,26)27)23-12-14-8-6-10-16(28-5-2)17(14)29-18(20)21;/h6,8,10,15,18H,4-5,7,9,11-13H2,1-3H3,(H2,22,23,24);1H/t15-;/m1./s1. The third-order valence-electron chi connectivity index (χ3n) is 4.57. The molecule has 0 amide bonds. The fraction of sp³-hybridized carbons (Fsp3) is 0.632. The summed E-state index contributed by atoms with van der Waals surface area (Å²) in [5, 5.41) is 6.23. The number of halogens is 3. The lowest BCUT2D eigenvalue weighted by Gasteiger charge is -2.23. The summed E-state index contributed by atoms with van der Waals surface area (Å²) in [5.41, 5.74) is 0.456. The van der Waals surface area contributed by atoms with Crippen molar-refractivity contribution in [3.05, 3.63) is 23.8 Å². The second-order valence-electron chi connectivity index (χ2n) is 6.80. The zero-order valence-corrected chi connectivity index (χ0v) is 21.1. The molecule has 178 valence electrons. The number of benzene rings is 1. The fourth-order valence-corrected chi connectivity index (χ4v) is 4.53. The van der Waals surface area contributed by atoms with Crippen molar-refractivity contribution >= 4 is 40.0 Å². The van der Waals surface area contributed by atoms with Crippen molar-refractivity contribution in [2.45, 2.75) is 45.9 Å². The number of ether oxygens (including phenoxy) is 2. The van der Waals surface area contributed by atoms with E-state index in [2.05, 4.69) is 20.4 Å². The topological polar surface area (TPSA) is 92.3 Å². The summed E-state index contributed by atoms with van der Waals surface area (Å²) in [5.74, 6) is 0.661. The van der Waals surface area contributed by atoms with Crippen molar-refractivity contribution in [1.82, 2.24) is 14.9 Å². The number of hydrogen-bond acceptors (Lipinski definition) is 5. The molecule has 0 aromatic heterocycles. The van der Waals surface area contributed by atoms with Gasteiger partial charge in [-0.25, -0.2) is 13.4 Å². The number of sulfonamides is 1. The summed E-state index contributed by atoms with van der Waals surface area (Å²) < 4.78 is 61.1. The predicted octanol–water partition coefficient (Wildman–Crippen LogP) is 2.78. The van der Waals surface area contributed by atoms with Gasteiger partial charge in [0.25, 0.3) is 0 Å². The average Bonchev–Trinajstić information content (AvgIpc) is 3.15. The van der Waals surface area contributed by atoms with Crippen LogP contribution in [0.4, 0.5) is 8.78 Å². The monoisotopic (exact) mass is 576 g/mol. The van der Waals surface area contributed by atoms with Gasteiger partial charge in [-0.1, -0.05) is 12.1 Å². The minimum absolute atomic E-state index is 0. The number of alkyl halides is 2. The first-order chi connectivity index (χ1) is 14.3. The van der Waals surface area contributed by atoms with E-state index in [1.54, 1.807) is 25.1 Å². The zero-order valence-electron chi connectivity index (χ0n) is 17.9. The van der Waals surface area contributed by atoms with Crippen LogP contribution >= 0.6 is 24.0 Å². The van der Waals surface area contributed by atoms with Crippen LogP contribution in [0.25, 0.3) is 0 Å². The average molecular weight is 576 g/mol. The first kappa shape index (κ1) is 27.6. The Hall–Kier alpha value is -1.41. The minimum Gasteiger partial charge on any atom is -0.490 e. The van der Waals surface area contributed by atoms with Gasteiger partial charge in [0.1, 0.15) is 0 Å². The van der Waals surface area contributed by atoms with Gasteiger partial charge in [-0.05, 0) is 32.8 Å². The molecular formula is C19H31F2IN4O4S. The van der Waals surface area contributed by atoms with Gasteiger partial charge in [-0.2, -0.15) is 13.1 Å². The van der Waals surface area contributed by atoms with E-state index in [1.165, 1.54) is 10.6 Å². The van der Waals surface area contributed by atoms with E-state index in [0.29, 0.717) is 37.8 Å². The smallest absolute Gasteiger partial charge is 0.387 e. The van der Waals surface area contributed by atoms with Gasteiger partial charge in [-0.3, -0.25) is 0 Å². The Morgan fingerprint density at radius 2 is 2.06 bits per heavy atom. The Bertz CT molecular complexity index is 827. The Morgan fingerprint density at radius 1 is 1.32 bits per heavy atom. The Kier molecular flexibility index (Phi) is 11.8. The third kappa shape index (κ3) is 8.56. The number of para-hydroxylation sites is 1. The third-order valence-corrected chi connectivity index (χ3v) is 5.91. The van der Waals surface area contributed by atoms with E-state index in [1.807, 2.05) is 6.92 Å². The highest BCUT2D eigenvalue weighted by Crippen LogP contribution is 2.33. The van der Waals surface area contributed by atoms with E-state index < -0.39 is 16.6 Å². The molecule has 1 fully saturated rings. The zero-order chi connectivity index (χ0) is 22.1. The molecule has 1 aliphatic rings. The number of hydrogen-bond donors (Lipinski definition) is 2. The molecule has 2 rings (SSSR count). The number of nitrogens with one attached hydrogen (secondary N) is 2. The van der Waals surface area contributed by atoms with E-state index in [0.717, 1.165) is 12.8 Å². The lowest BCUT2D eigenvalue weighted by atomic mass is 10.2. The quantitative estimate of drug-likeness (QED) is 0.253. The number of aliphatic imine (C=N–C) groups is 1. The second kappa shape index (κ2) is 13.2. The summed E-state index contributed by atoms with van der Waals surface area (Å²) in [7, 11) is -3.26. The first-order valence-electron chi connectivity index (χ1n) is 9.94. The van der Waals surface area contributed by atoms with Crippen molar-refractivity contribution in [2.24, 2.45) is 4.99 Å². The SMILES string of the molecule is CCNC(=NCc1cccc(OCC)c1OC(F)F)NC[C@H]1CCCN1S(C)(=O)=O.I. The molecule has 0 radical (unpaired) electrons. The molecule has 0 spiro atoms. The maximum atomic E-state index is 12.9. The largest absolute Gasteiger partial charge is 0.490 e. The molecule has 8 nitrogen and oxygen atoms in total. The molecule has 31 heavy (non-hydrogen) atoms. The molecule has 1 aromatic carbocycles. The van der Waals surface area contributed by atoms with Crippen molar-refractivity contribution in [1.29, 1.82) is 0 Å². The van der Waals surface area contributed by atoms with Gasteiger partial charge in [0, 0.05) is 31.2 Å². The van der Waals surface area contributed by atoms with Gasteiger partial charge in [-0.15, -0.1) is 24.0 Å². The molecule has 1 aromatic rings. The molecule has 1 heterocycles. The van der Waals surface area contributed by atoms with Crippen LogP contribution in [0.3, 0.4) is 0 Å². The number of rotatable bonds is 10. The highest BCUT2D eigenvalue weighted by molar-refractivity contribution is 14.0. The van der Waals surface area contributed by atoms with Gasteiger partial charge >= 0.3 is 6.61 Å². The molecule has 2 N–H and O–H groups in total. The van der Waals surface area contributed by atoms with Gasteiger partial charge in [0.05, 0.1) is 19.4 Å². The minimum atomic E-state index is -3.26. The molecular weight excluding hydrogens is 545 g/mol.